The van der Waals surface area contributed by atoms with Crippen LogP contribution < -0.4 is 5.32 Å². The number of hydrogen-bond acceptors (Lipinski definition) is 4. The number of hydrogen-bond donors (Lipinski definition) is 2. The highest BCUT2D eigenvalue weighted by Crippen LogP contribution is 2.43. The topological polar surface area (TPSA) is 50.7 Å². The van der Waals surface area contributed by atoms with Gasteiger partial charge in [0.2, 0.25) is 0 Å². The molecule has 4 nitrogen and oxygen atoms in total. The lowest BCUT2D eigenvalue weighted by Gasteiger charge is -2.52. The molecule has 2 aliphatic rings. The number of rotatable bonds is 6. The lowest BCUT2D eigenvalue weighted by molar-refractivity contribution is -0.127. The molecule has 0 spiro atoms. The fraction of sp³-hybridized carbons (Fsp3) is 1.00. The van der Waals surface area contributed by atoms with Crippen LogP contribution in [0.25, 0.3) is 0 Å². The summed E-state index contributed by atoms with van der Waals surface area (Å²) in [6.45, 7) is 11.4. The Hall–Kier alpha value is -0.160. The number of aliphatic hydroxyl groups is 1. The van der Waals surface area contributed by atoms with Gasteiger partial charge in [0.05, 0.1) is 12.7 Å². The zero-order chi connectivity index (χ0) is 14.1. The van der Waals surface area contributed by atoms with Gasteiger partial charge in [-0.05, 0) is 12.3 Å². The van der Waals surface area contributed by atoms with Crippen molar-refractivity contribution in [2.75, 3.05) is 26.4 Å². The average molecular weight is 271 g/mol. The summed E-state index contributed by atoms with van der Waals surface area (Å²) in [5.74, 6) is 0.583. The molecule has 2 fully saturated rings. The zero-order valence-corrected chi connectivity index (χ0v) is 12.7. The molecule has 1 saturated carbocycles. The van der Waals surface area contributed by atoms with Crippen molar-refractivity contribution in [3.05, 3.63) is 0 Å². The molecule has 1 heterocycles. The fourth-order valence-corrected chi connectivity index (χ4v) is 2.87. The predicted octanol–water partition coefficient (Wildman–Crippen LogP) is 1.57. The van der Waals surface area contributed by atoms with E-state index in [1.54, 1.807) is 0 Å². The molecule has 0 radical (unpaired) electrons. The summed E-state index contributed by atoms with van der Waals surface area (Å²) in [7, 11) is 0. The van der Waals surface area contributed by atoms with Crippen LogP contribution in [0.5, 0.6) is 0 Å². The predicted molar refractivity (Wildman–Crippen MR) is 75.2 cm³/mol. The number of nitrogens with one attached hydrogen (secondary N) is 1. The minimum Gasteiger partial charge on any atom is -0.386 e. The smallest absolute Gasteiger partial charge is 0.102 e. The Morgan fingerprint density at radius 2 is 2.16 bits per heavy atom. The van der Waals surface area contributed by atoms with Crippen LogP contribution in [0.3, 0.4) is 0 Å². The summed E-state index contributed by atoms with van der Waals surface area (Å²) in [4.78, 5) is 0. The molecule has 0 aromatic carbocycles. The summed E-state index contributed by atoms with van der Waals surface area (Å²) in [5, 5.41) is 13.8. The third-order valence-electron chi connectivity index (χ3n) is 4.57. The van der Waals surface area contributed by atoms with Crippen LogP contribution in [0.15, 0.2) is 0 Å². The summed E-state index contributed by atoms with van der Waals surface area (Å²) in [5.41, 5.74) is -0.523. The third-order valence-corrected chi connectivity index (χ3v) is 4.57. The van der Waals surface area contributed by atoms with Crippen LogP contribution in [-0.2, 0) is 9.47 Å². The molecule has 1 aliphatic carbocycles. The van der Waals surface area contributed by atoms with Crippen molar-refractivity contribution in [3.8, 4) is 0 Å². The first-order chi connectivity index (χ1) is 8.83. The van der Waals surface area contributed by atoms with Crippen molar-refractivity contribution >= 4 is 0 Å². The zero-order valence-electron chi connectivity index (χ0n) is 12.7. The first-order valence-corrected chi connectivity index (χ1v) is 7.49. The molecule has 19 heavy (non-hydrogen) atoms. The van der Waals surface area contributed by atoms with Crippen molar-refractivity contribution in [1.82, 2.24) is 5.32 Å². The lowest BCUT2D eigenvalue weighted by Crippen LogP contribution is -2.63. The summed E-state index contributed by atoms with van der Waals surface area (Å²) >= 11 is 0. The van der Waals surface area contributed by atoms with Crippen LogP contribution in [-0.4, -0.2) is 49.2 Å². The van der Waals surface area contributed by atoms with Gasteiger partial charge in [-0.15, -0.1) is 0 Å². The maximum absolute atomic E-state index is 10.3. The lowest BCUT2D eigenvalue weighted by atomic mass is 9.64. The Morgan fingerprint density at radius 1 is 1.42 bits per heavy atom. The molecule has 1 saturated heterocycles. The first-order valence-electron chi connectivity index (χ1n) is 7.49. The standard InChI is InChI=1S/C15H29NO3/c1-11(2)8-19-13-7-12(14(13,3)4)16-9-15(17)5-6-18-10-15/h11-13,16-17H,5-10H2,1-4H3. The van der Waals surface area contributed by atoms with E-state index in [1.807, 2.05) is 0 Å². The highest BCUT2D eigenvalue weighted by Gasteiger charge is 2.49. The van der Waals surface area contributed by atoms with Gasteiger partial charge in [-0.1, -0.05) is 27.7 Å². The number of ether oxygens (including phenoxy) is 2. The Balaban J connectivity index is 1.74. The van der Waals surface area contributed by atoms with Crippen molar-refractivity contribution in [2.24, 2.45) is 11.3 Å². The quantitative estimate of drug-likeness (QED) is 0.770. The SMILES string of the molecule is CC(C)COC1CC(NCC2(O)CCOC2)C1(C)C. The van der Waals surface area contributed by atoms with Gasteiger partial charge < -0.3 is 19.9 Å². The highest BCUT2D eigenvalue weighted by atomic mass is 16.5. The molecule has 0 aromatic heterocycles. The van der Waals surface area contributed by atoms with Crippen molar-refractivity contribution in [2.45, 2.75) is 58.3 Å². The van der Waals surface area contributed by atoms with E-state index in [0.29, 0.717) is 37.8 Å². The Kier molecular flexibility index (Phi) is 4.56. The van der Waals surface area contributed by atoms with Crippen LogP contribution in [0.4, 0.5) is 0 Å². The van der Waals surface area contributed by atoms with Gasteiger partial charge >= 0.3 is 0 Å². The Bertz CT molecular complexity index is 298. The third kappa shape index (κ3) is 3.48. The van der Waals surface area contributed by atoms with Crippen LogP contribution in [0.2, 0.25) is 0 Å². The van der Waals surface area contributed by atoms with Crippen LogP contribution in [0.1, 0.15) is 40.5 Å². The van der Waals surface area contributed by atoms with E-state index in [4.69, 9.17) is 9.47 Å². The molecule has 3 atom stereocenters. The van der Waals surface area contributed by atoms with E-state index in [0.717, 1.165) is 19.4 Å². The van der Waals surface area contributed by atoms with Gasteiger partial charge in [0, 0.05) is 37.6 Å². The van der Waals surface area contributed by atoms with Crippen molar-refractivity contribution in [1.29, 1.82) is 0 Å². The van der Waals surface area contributed by atoms with E-state index < -0.39 is 5.60 Å². The van der Waals surface area contributed by atoms with E-state index in [2.05, 4.69) is 33.0 Å². The second-order valence-electron chi connectivity index (χ2n) is 7.23. The van der Waals surface area contributed by atoms with Gasteiger partial charge in [0.15, 0.2) is 0 Å². The van der Waals surface area contributed by atoms with Gasteiger partial charge in [-0.25, -0.2) is 0 Å². The van der Waals surface area contributed by atoms with Gasteiger partial charge in [0.1, 0.15) is 5.60 Å². The monoisotopic (exact) mass is 271 g/mol. The first kappa shape index (κ1) is 15.2. The molecule has 4 heteroatoms. The molecule has 1 aliphatic heterocycles. The summed E-state index contributed by atoms with van der Waals surface area (Å²) in [6.07, 6.45) is 2.11. The van der Waals surface area contributed by atoms with Crippen molar-refractivity contribution in [3.63, 3.8) is 0 Å². The van der Waals surface area contributed by atoms with Crippen molar-refractivity contribution < 1.29 is 14.6 Å². The maximum atomic E-state index is 10.3. The van der Waals surface area contributed by atoms with Crippen LogP contribution in [0, 0.1) is 11.3 Å². The Labute approximate surface area is 116 Å². The average Bonchev–Trinajstić information content (AvgIpc) is 2.74. The summed E-state index contributed by atoms with van der Waals surface area (Å²) < 4.78 is 11.2. The minimum absolute atomic E-state index is 0.144. The van der Waals surface area contributed by atoms with E-state index >= 15 is 0 Å². The normalized spacial score (nSPS) is 37.6. The highest BCUT2D eigenvalue weighted by molar-refractivity contribution is 5.04. The van der Waals surface area contributed by atoms with Gasteiger partial charge in [-0.2, -0.15) is 0 Å². The minimum atomic E-state index is -0.667. The fourth-order valence-electron chi connectivity index (χ4n) is 2.87. The molecule has 0 aromatic rings. The van der Waals surface area contributed by atoms with Gasteiger partial charge in [-0.3, -0.25) is 0 Å². The van der Waals surface area contributed by atoms with Gasteiger partial charge in [0.25, 0.3) is 0 Å². The molecule has 112 valence electrons. The summed E-state index contributed by atoms with van der Waals surface area (Å²) in [6, 6.07) is 0.425. The Morgan fingerprint density at radius 3 is 2.68 bits per heavy atom. The molecule has 3 unspecified atom stereocenters. The molecule has 2 N–H and O–H groups in total. The van der Waals surface area contributed by atoms with E-state index in [-0.39, 0.29) is 5.41 Å². The van der Waals surface area contributed by atoms with Crippen LogP contribution >= 0.6 is 0 Å². The largest absolute Gasteiger partial charge is 0.386 e. The second-order valence-corrected chi connectivity index (χ2v) is 7.23. The molecular formula is C15H29NO3. The second kappa shape index (κ2) is 5.68. The molecule has 0 bridgehead atoms. The molecular weight excluding hydrogens is 242 g/mol. The molecule has 2 rings (SSSR count). The molecule has 0 amide bonds. The maximum Gasteiger partial charge on any atom is 0.102 e. The van der Waals surface area contributed by atoms with E-state index in [1.165, 1.54) is 0 Å². The van der Waals surface area contributed by atoms with E-state index in [9.17, 15) is 5.11 Å².